The molecule has 6 amide bonds. The molecule has 45 heavy (non-hydrogen) atoms. The summed E-state index contributed by atoms with van der Waals surface area (Å²) in [5.41, 5.74) is 6.15. The van der Waals surface area contributed by atoms with Gasteiger partial charge in [-0.05, 0) is 43.5 Å². The zero-order valence-corrected chi connectivity index (χ0v) is 25.6. The highest BCUT2D eigenvalue weighted by molar-refractivity contribution is 6.01. The van der Waals surface area contributed by atoms with Crippen molar-refractivity contribution in [1.29, 1.82) is 0 Å². The van der Waals surface area contributed by atoms with Gasteiger partial charge in [-0.1, -0.05) is 32.0 Å². The van der Waals surface area contributed by atoms with Crippen LogP contribution in [0.15, 0.2) is 48.7 Å². The molecule has 1 aliphatic rings. The summed E-state index contributed by atoms with van der Waals surface area (Å²) < 4.78 is 5.87. The Morgan fingerprint density at radius 1 is 1.00 bits per heavy atom. The fourth-order valence-electron chi connectivity index (χ4n) is 4.58. The zero-order chi connectivity index (χ0) is 32.9. The van der Waals surface area contributed by atoms with Crippen LogP contribution in [0.3, 0.4) is 0 Å². The molecule has 0 fully saturated rings. The van der Waals surface area contributed by atoms with Crippen molar-refractivity contribution >= 4 is 35.4 Å². The van der Waals surface area contributed by atoms with Crippen LogP contribution < -0.4 is 37.1 Å². The number of rotatable bonds is 8. The van der Waals surface area contributed by atoms with Crippen molar-refractivity contribution in [3.05, 3.63) is 59.9 Å². The Balaban J connectivity index is 1.91. The topological polar surface area (TPSA) is 211 Å². The lowest BCUT2D eigenvalue weighted by Gasteiger charge is -2.26. The SMILES string of the molecule is CC(C)[C@H]1NC(=O)[C@H](CCC(N)=O)NC(=O)C[C@@H](C(=O)NCCc2ccccn2)NC(=O)c2ccccc2OC[C@H](C)NC1=O. The van der Waals surface area contributed by atoms with Gasteiger partial charge in [0.1, 0.15) is 30.5 Å². The van der Waals surface area contributed by atoms with Gasteiger partial charge >= 0.3 is 0 Å². The van der Waals surface area contributed by atoms with Crippen LogP contribution in [0.5, 0.6) is 5.75 Å². The van der Waals surface area contributed by atoms with Gasteiger partial charge in [0.15, 0.2) is 0 Å². The molecule has 2 aromatic rings. The van der Waals surface area contributed by atoms with Crippen LogP contribution in [0, 0.1) is 5.92 Å². The molecule has 7 N–H and O–H groups in total. The summed E-state index contributed by atoms with van der Waals surface area (Å²) in [7, 11) is 0. The van der Waals surface area contributed by atoms with Crippen LogP contribution >= 0.6 is 0 Å². The maximum Gasteiger partial charge on any atom is 0.255 e. The number of hydrogen-bond acceptors (Lipinski definition) is 8. The van der Waals surface area contributed by atoms with Crippen molar-refractivity contribution in [3.8, 4) is 5.75 Å². The Bertz CT molecular complexity index is 1370. The fourth-order valence-corrected chi connectivity index (χ4v) is 4.58. The summed E-state index contributed by atoms with van der Waals surface area (Å²) in [5.74, 6) is -4.06. The first-order valence-corrected chi connectivity index (χ1v) is 14.8. The predicted molar refractivity (Wildman–Crippen MR) is 163 cm³/mol. The molecule has 1 aromatic carbocycles. The highest BCUT2D eigenvalue weighted by Crippen LogP contribution is 2.19. The van der Waals surface area contributed by atoms with Crippen molar-refractivity contribution in [1.82, 2.24) is 31.6 Å². The van der Waals surface area contributed by atoms with E-state index < -0.39 is 66.0 Å². The minimum atomic E-state index is -1.34. The maximum absolute atomic E-state index is 13.4. The Kier molecular flexibility index (Phi) is 12.8. The number of benzene rings is 1. The number of hydrogen-bond donors (Lipinski definition) is 6. The van der Waals surface area contributed by atoms with Gasteiger partial charge in [-0.15, -0.1) is 0 Å². The second-order valence-electron chi connectivity index (χ2n) is 11.2. The van der Waals surface area contributed by atoms with Crippen LogP contribution in [0.1, 0.15) is 56.1 Å². The lowest BCUT2D eigenvalue weighted by atomic mass is 10.0. The number of primary amides is 1. The molecule has 0 bridgehead atoms. The second-order valence-corrected chi connectivity index (χ2v) is 11.2. The number of aromatic nitrogens is 1. The number of pyridine rings is 1. The van der Waals surface area contributed by atoms with Crippen LogP contribution in [0.25, 0.3) is 0 Å². The van der Waals surface area contributed by atoms with Gasteiger partial charge in [-0.2, -0.15) is 0 Å². The predicted octanol–water partition coefficient (Wildman–Crippen LogP) is -0.283. The molecule has 14 nitrogen and oxygen atoms in total. The third-order valence-corrected chi connectivity index (χ3v) is 7.01. The first-order chi connectivity index (χ1) is 21.4. The quantitative estimate of drug-likeness (QED) is 0.230. The number of carbonyl (C=O) groups is 6. The zero-order valence-electron chi connectivity index (χ0n) is 25.6. The number of fused-ring (bicyclic) bond motifs is 1. The van der Waals surface area contributed by atoms with Crippen LogP contribution in [-0.4, -0.2) is 77.7 Å². The number of nitrogens with zero attached hydrogens (tertiary/aromatic N) is 1. The van der Waals surface area contributed by atoms with E-state index in [0.29, 0.717) is 6.42 Å². The van der Waals surface area contributed by atoms with Gasteiger partial charge in [0.25, 0.3) is 5.91 Å². The third-order valence-electron chi connectivity index (χ3n) is 7.01. The molecular weight excluding hydrogens is 582 g/mol. The third kappa shape index (κ3) is 10.9. The number of nitrogens with two attached hydrogens (primary N) is 1. The summed E-state index contributed by atoms with van der Waals surface area (Å²) in [6.45, 7) is 5.37. The molecule has 1 aromatic heterocycles. The Labute approximate surface area is 261 Å². The fraction of sp³-hybridized carbons (Fsp3) is 0.452. The van der Waals surface area contributed by atoms with E-state index in [-0.39, 0.29) is 43.2 Å². The molecule has 0 radical (unpaired) electrons. The first kappa shape index (κ1) is 34.5. The van der Waals surface area contributed by atoms with E-state index in [9.17, 15) is 28.8 Å². The van der Waals surface area contributed by atoms with E-state index in [1.165, 1.54) is 6.07 Å². The molecular formula is C31H41N7O7. The number of ether oxygens (including phenoxy) is 1. The minimum absolute atomic E-state index is 0.00644. The summed E-state index contributed by atoms with van der Waals surface area (Å²) in [4.78, 5) is 82.2. The molecule has 0 unspecified atom stereocenters. The highest BCUT2D eigenvalue weighted by Gasteiger charge is 2.32. The van der Waals surface area contributed by atoms with Crippen LogP contribution in [0.4, 0.5) is 0 Å². The second kappa shape index (κ2) is 16.7. The molecule has 3 rings (SSSR count). The van der Waals surface area contributed by atoms with E-state index in [0.717, 1.165) is 5.69 Å². The van der Waals surface area contributed by atoms with Gasteiger partial charge in [-0.25, -0.2) is 0 Å². The van der Waals surface area contributed by atoms with E-state index in [4.69, 9.17) is 10.5 Å². The lowest BCUT2D eigenvalue weighted by Crippen LogP contribution is -2.57. The summed E-state index contributed by atoms with van der Waals surface area (Å²) >= 11 is 0. The highest BCUT2D eigenvalue weighted by atomic mass is 16.5. The molecule has 2 heterocycles. The van der Waals surface area contributed by atoms with Gasteiger partial charge in [0.2, 0.25) is 29.5 Å². The molecule has 14 heteroatoms. The average molecular weight is 624 g/mol. The lowest BCUT2D eigenvalue weighted by molar-refractivity contribution is -0.134. The molecule has 242 valence electrons. The smallest absolute Gasteiger partial charge is 0.255 e. The monoisotopic (exact) mass is 623 g/mol. The van der Waals surface area contributed by atoms with E-state index in [2.05, 4.69) is 31.6 Å². The van der Waals surface area contributed by atoms with Crippen LogP contribution in [-0.2, 0) is 30.4 Å². The van der Waals surface area contributed by atoms with Gasteiger partial charge < -0.3 is 37.1 Å². The van der Waals surface area contributed by atoms with E-state index >= 15 is 0 Å². The van der Waals surface area contributed by atoms with Gasteiger partial charge in [0.05, 0.1) is 18.0 Å². The Morgan fingerprint density at radius 3 is 2.42 bits per heavy atom. The van der Waals surface area contributed by atoms with Crippen molar-refractivity contribution in [2.45, 2.75) is 70.6 Å². The number of carbonyl (C=O) groups excluding carboxylic acids is 6. The van der Waals surface area contributed by atoms with Crippen molar-refractivity contribution < 1.29 is 33.5 Å². The molecule has 0 saturated heterocycles. The number of amides is 6. The maximum atomic E-state index is 13.4. The molecule has 1 aliphatic heterocycles. The molecule has 4 atom stereocenters. The van der Waals surface area contributed by atoms with E-state index in [1.807, 2.05) is 6.07 Å². The van der Waals surface area contributed by atoms with E-state index in [1.54, 1.807) is 57.3 Å². The normalized spacial score (nSPS) is 21.6. The largest absolute Gasteiger partial charge is 0.491 e. The number of para-hydroxylation sites is 1. The number of nitrogens with one attached hydrogen (secondary N) is 5. The standard InChI is InChI=1S/C31H41N7O7/c1-18(2)27-31(44)35-19(3)17-45-24-10-5-4-9-21(24)28(41)37-23(29(42)34-15-13-20-8-6-7-14-33-20)16-26(40)36-22(30(43)38-27)11-12-25(32)39/h4-10,14,18-19,22-23,27H,11-13,15-17H2,1-3H3,(H2,32,39)(H,34,42)(H,35,44)(H,36,40)(H,37,41)(H,38,43)/t19-,22-,23-,27+/m0/s1. The average Bonchev–Trinajstić information content (AvgIpc) is 3.00. The molecule has 0 aliphatic carbocycles. The van der Waals surface area contributed by atoms with Crippen molar-refractivity contribution in [2.24, 2.45) is 11.7 Å². The van der Waals surface area contributed by atoms with Gasteiger partial charge in [-0.3, -0.25) is 33.8 Å². The summed E-state index contributed by atoms with van der Waals surface area (Å²) in [6, 6.07) is 7.69. The van der Waals surface area contributed by atoms with Crippen molar-refractivity contribution in [3.63, 3.8) is 0 Å². The van der Waals surface area contributed by atoms with Gasteiger partial charge in [0, 0.05) is 31.3 Å². The molecule has 0 spiro atoms. The van der Waals surface area contributed by atoms with Crippen LogP contribution in [0.2, 0.25) is 0 Å². The first-order valence-electron chi connectivity index (χ1n) is 14.8. The summed E-state index contributed by atoms with van der Waals surface area (Å²) in [6.07, 6.45) is 1.13. The Hall–Kier alpha value is -5.01. The Morgan fingerprint density at radius 2 is 1.73 bits per heavy atom. The molecule has 0 saturated carbocycles. The van der Waals surface area contributed by atoms with Crippen molar-refractivity contribution in [2.75, 3.05) is 13.2 Å². The minimum Gasteiger partial charge on any atom is -0.491 e. The summed E-state index contributed by atoms with van der Waals surface area (Å²) in [5, 5.41) is 13.3.